The molecule has 0 amide bonds. The van der Waals surface area contributed by atoms with Gasteiger partial charge in [-0.15, -0.1) is 0 Å². The van der Waals surface area contributed by atoms with Crippen molar-refractivity contribution in [2.24, 2.45) is 4.99 Å². The Kier molecular flexibility index (Phi) is 3.72. The van der Waals surface area contributed by atoms with Gasteiger partial charge >= 0.3 is 0 Å². The van der Waals surface area contributed by atoms with E-state index >= 15 is 0 Å². The number of fused-ring (bicyclic) bond motifs is 2. The van der Waals surface area contributed by atoms with Crippen LogP contribution in [0.3, 0.4) is 0 Å². The van der Waals surface area contributed by atoms with E-state index in [-0.39, 0.29) is 0 Å². The Morgan fingerprint density at radius 1 is 0.852 bits per heavy atom. The van der Waals surface area contributed by atoms with E-state index < -0.39 is 0 Å². The molecule has 0 spiro atoms. The number of para-hydroxylation sites is 1. The standard InChI is InChI=1S/C24H18N2O/c1-16-6-11-22-24(14-16)27-15-23(26-22)18-9-7-17(8-10-18)19-12-13-25-21-5-3-2-4-20(19)21/h2-14H,15H2,1H3. The number of pyridine rings is 1. The lowest BCUT2D eigenvalue weighted by atomic mass is 9.99. The van der Waals surface area contributed by atoms with Gasteiger partial charge in [-0.25, -0.2) is 4.99 Å². The van der Waals surface area contributed by atoms with Crippen molar-refractivity contribution < 1.29 is 4.74 Å². The summed E-state index contributed by atoms with van der Waals surface area (Å²) in [6, 6.07) is 24.9. The fourth-order valence-corrected chi connectivity index (χ4v) is 3.49. The highest BCUT2D eigenvalue weighted by atomic mass is 16.5. The van der Waals surface area contributed by atoms with Crippen LogP contribution in [0, 0.1) is 6.92 Å². The van der Waals surface area contributed by atoms with Crippen molar-refractivity contribution in [3.05, 3.63) is 90.1 Å². The van der Waals surface area contributed by atoms with E-state index in [1.165, 1.54) is 16.7 Å². The van der Waals surface area contributed by atoms with Crippen LogP contribution in [0.25, 0.3) is 22.0 Å². The van der Waals surface area contributed by atoms with Crippen molar-refractivity contribution in [1.29, 1.82) is 0 Å². The summed E-state index contributed by atoms with van der Waals surface area (Å²) in [5, 5.41) is 1.16. The maximum Gasteiger partial charge on any atom is 0.145 e. The highest BCUT2D eigenvalue weighted by Crippen LogP contribution is 2.33. The Labute approximate surface area is 158 Å². The third-order valence-corrected chi connectivity index (χ3v) is 4.91. The van der Waals surface area contributed by atoms with E-state index in [0.29, 0.717) is 6.61 Å². The Hall–Kier alpha value is -3.46. The molecule has 0 atom stereocenters. The number of ether oxygens (including phenoxy) is 1. The van der Waals surface area contributed by atoms with Gasteiger partial charge in [-0.3, -0.25) is 4.98 Å². The van der Waals surface area contributed by atoms with Gasteiger partial charge in [0, 0.05) is 11.6 Å². The van der Waals surface area contributed by atoms with Crippen LogP contribution >= 0.6 is 0 Å². The molecule has 1 aromatic heterocycles. The van der Waals surface area contributed by atoms with E-state index in [2.05, 4.69) is 60.4 Å². The molecule has 0 fully saturated rings. The molecule has 0 saturated heterocycles. The van der Waals surface area contributed by atoms with Crippen LogP contribution in [0.1, 0.15) is 11.1 Å². The molecule has 3 nitrogen and oxygen atoms in total. The molecule has 1 aliphatic heterocycles. The van der Waals surface area contributed by atoms with Crippen molar-refractivity contribution >= 4 is 22.3 Å². The summed E-state index contributed by atoms with van der Waals surface area (Å²) in [5.41, 5.74) is 7.49. The quantitative estimate of drug-likeness (QED) is 0.463. The van der Waals surface area contributed by atoms with Gasteiger partial charge in [0.15, 0.2) is 0 Å². The van der Waals surface area contributed by atoms with Crippen LogP contribution in [-0.4, -0.2) is 17.3 Å². The third kappa shape index (κ3) is 2.87. The zero-order valence-corrected chi connectivity index (χ0v) is 15.0. The third-order valence-electron chi connectivity index (χ3n) is 4.91. The second-order valence-electron chi connectivity index (χ2n) is 6.77. The van der Waals surface area contributed by atoms with E-state index in [1.807, 2.05) is 30.5 Å². The minimum atomic E-state index is 0.494. The fraction of sp³-hybridized carbons (Fsp3) is 0.0833. The normalized spacial score (nSPS) is 13.0. The van der Waals surface area contributed by atoms with Crippen LogP contribution in [0.2, 0.25) is 0 Å². The van der Waals surface area contributed by atoms with E-state index in [9.17, 15) is 0 Å². The van der Waals surface area contributed by atoms with Gasteiger partial charge < -0.3 is 4.74 Å². The number of benzene rings is 3. The molecule has 0 radical (unpaired) electrons. The lowest BCUT2D eigenvalue weighted by Gasteiger charge is -2.18. The Morgan fingerprint density at radius 2 is 1.67 bits per heavy atom. The predicted molar refractivity (Wildman–Crippen MR) is 110 cm³/mol. The summed E-state index contributed by atoms with van der Waals surface area (Å²) in [5.74, 6) is 0.860. The first kappa shape index (κ1) is 15.8. The monoisotopic (exact) mass is 350 g/mol. The second kappa shape index (κ2) is 6.36. The fourth-order valence-electron chi connectivity index (χ4n) is 3.49. The Morgan fingerprint density at radius 3 is 2.56 bits per heavy atom. The van der Waals surface area contributed by atoms with Crippen molar-refractivity contribution in [2.75, 3.05) is 6.61 Å². The smallest absolute Gasteiger partial charge is 0.145 e. The van der Waals surface area contributed by atoms with E-state index in [4.69, 9.17) is 9.73 Å². The number of rotatable bonds is 2. The maximum absolute atomic E-state index is 5.90. The van der Waals surface area contributed by atoms with Crippen molar-refractivity contribution in [1.82, 2.24) is 4.98 Å². The molecule has 2 heterocycles. The van der Waals surface area contributed by atoms with Gasteiger partial charge in [-0.1, -0.05) is 48.5 Å². The van der Waals surface area contributed by atoms with Crippen LogP contribution in [0.15, 0.2) is 84.0 Å². The molecule has 1 aliphatic rings. The van der Waals surface area contributed by atoms with Gasteiger partial charge in [0.05, 0.1) is 11.2 Å². The highest BCUT2D eigenvalue weighted by molar-refractivity contribution is 6.05. The van der Waals surface area contributed by atoms with Crippen LogP contribution < -0.4 is 4.74 Å². The molecule has 3 aromatic carbocycles. The maximum atomic E-state index is 5.90. The van der Waals surface area contributed by atoms with Crippen molar-refractivity contribution in [3.8, 4) is 16.9 Å². The number of aromatic nitrogens is 1. The highest BCUT2D eigenvalue weighted by Gasteiger charge is 2.15. The zero-order chi connectivity index (χ0) is 18.2. The molecule has 0 unspecified atom stereocenters. The number of hydrogen-bond donors (Lipinski definition) is 0. The molecule has 3 heteroatoms. The summed E-state index contributed by atoms with van der Waals surface area (Å²) >= 11 is 0. The lowest BCUT2D eigenvalue weighted by molar-refractivity contribution is 0.372. The average molecular weight is 350 g/mol. The van der Waals surface area contributed by atoms with Crippen LogP contribution in [0.5, 0.6) is 5.75 Å². The molecule has 5 rings (SSSR count). The number of aliphatic imine (C=N–C) groups is 1. The molecule has 0 N–H and O–H groups in total. The van der Waals surface area contributed by atoms with Crippen molar-refractivity contribution in [3.63, 3.8) is 0 Å². The molecule has 130 valence electrons. The van der Waals surface area contributed by atoms with E-state index in [1.54, 1.807) is 0 Å². The van der Waals surface area contributed by atoms with Gasteiger partial charge in [0.1, 0.15) is 18.0 Å². The molecule has 0 aliphatic carbocycles. The minimum Gasteiger partial charge on any atom is -0.485 e. The first-order valence-corrected chi connectivity index (χ1v) is 9.03. The molecule has 27 heavy (non-hydrogen) atoms. The Balaban J connectivity index is 1.51. The number of hydrogen-bond acceptors (Lipinski definition) is 3. The molecule has 0 bridgehead atoms. The summed E-state index contributed by atoms with van der Waals surface area (Å²) < 4.78 is 5.90. The number of nitrogens with zero attached hydrogens (tertiary/aromatic N) is 2. The van der Waals surface area contributed by atoms with Crippen LogP contribution in [-0.2, 0) is 0 Å². The first-order chi connectivity index (χ1) is 13.3. The van der Waals surface area contributed by atoms with Gasteiger partial charge in [-0.05, 0) is 53.4 Å². The summed E-state index contributed by atoms with van der Waals surface area (Å²) in [6.45, 7) is 2.55. The lowest BCUT2D eigenvalue weighted by Crippen LogP contribution is -2.16. The molecule has 0 saturated carbocycles. The van der Waals surface area contributed by atoms with Gasteiger partial charge in [0.2, 0.25) is 0 Å². The average Bonchev–Trinajstić information content (AvgIpc) is 2.73. The molecular weight excluding hydrogens is 332 g/mol. The minimum absolute atomic E-state index is 0.494. The summed E-state index contributed by atoms with van der Waals surface area (Å²) in [6.07, 6.45) is 1.86. The largest absolute Gasteiger partial charge is 0.485 e. The first-order valence-electron chi connectivity index (χ1n) is 9.03. The molecular formula is C24H18N2O. The topological polar surface area (TPSA) is 34.5 Å². The second-order valence-corrected chi connectivity index (χ2v) is 6.77. The Bertz CT molecular complexity index is 1170. The van der Waals surface area contributed by atoms with Gasteiger partial charge in [0.25, 0.3) is 0 Å². The van der Waals surface area contributed by atoms with Crippen LogP contribution in [0.4, 0.5) is 5.69 Å². The van der Waals surface area contributed by atoms with E-state index in [0.717, 1.165) is 33.6 Å². The number of aryl methyl sites for hydroxylation is 1. The summed E-state index contributed by atoms with van der Waals surface area (Å²) in [4.78, 5) is 9.24. The van der Waals surface area contributed by atoms with Gasteiger partial charge in [-0.2, -0.15) is 0 Å². The SMILES string of the molecule is Cc1ccc2c(c1)OCC(c1ccc(-c3ccnc4ccccc34)cc1)=N2. The van der Waals surface area contributed by atoms with Crippen molar-refractivity contribution in [2.45, 2.75) is 6.92 Å². The predicted octanol–water partition coefficient (Wildman–Crippen LogP) is 5.72. The summed E-state index contributed by atoms with van der Waals surface area (Å²) in [7, 11) is 0. The zero-order valence-electron chi connectivity index (χ0n) is 15.0. The molecule has 4 aromatic rings.